The number of nitrogens with one attached hydrogen (secondary N) is 2. The van der Waals surface area contributed by atoms with Crippen LogP contribution in [0.25, 0.3) is 11.3 Å². The number of carbonyl (C=O) groups excluding carboxylic acids is 3. The second-order valence-electron chi connectivity index (χ2n) is 9.81. The summed E-state index contributed by atoms with van der Waals surface area (Å²) in [6.07, 6.45) is 2.17. The summed E-state index contributed by atoms with van der Waals surface area (Å²) >= 11 is 5.91. The van der Waals surface area contributed by atoms with Crippen molar-refractivity contribution in [3.63, 3.8) is 0 Å². The van der Waals surface area contributed by atoms with Gasteiger partial charge in [0.15, 0.2) is 0 Å². The largest absolute Gasteiger partial charge is 0.459 e. The molecule has 32 heavy (non-hydrogen) atoms. The number of amides is 4. The highest BCUT2D eigenvalue weighted by Crippen LogP contribution is 2.46. The van der Waals surface area contributed by atoms with Gasteiger partial charge in [0.25, 0.3) is 5.91 Å². The quantitative estimate of drug-likeness (QED) is 0.653. The molecule has 1 aromatic heterocycles. The van der Waals surface area contributed by atoms with Crippen LogP contribution >= 0.6 is 11.6 Å². The number of urea groups is 1. The Bertz CT molecular complexity index is 1050. The Balaban J connectivity index is 1.36. The molecule has 7 nitrogen and oxygen atoms in total. The highest BCUT2D eigenvalue weighted by atomic mass is 35.5. The minimum atomic E-state index is -0.910. The van der Waals surface area contributed by atoms with Crippen LogP contribution in [0.2, 0.25) is 5.02 Å². The van der Waals surface area contributed by atoms with E-state index in [-0.39, 0.29) is 24.4 Å². The van der Waals surface area contributed by atoms with Gasteiger partial charge < -0.3 is 15.1 Å². The SMILES string of the molecule is CC1CC(C)(C)CC2(C1)NC(=O)N(CC(=O)NCc1ccc(-c3ccc(Cl)cc3)o1)C2=O. The fourth-order valence-electron chi connectivity index (χ4n) is 5.28. The van der Waals surface area contributed by atoms with Crippen molar-refractivity contribution in [3.8, 4) is 11.3 Å². The van der Waals surface area contributed by atoms with Crippen LogP contribution in [0, 0.1) is 11.3 Å². The smallest absolute Gasteiger partial charge is 0.325 e. The Morgan fingerprint density at radius 3 is 2.59 bits per heavy atom. The van der Waals surface area contributed by atoms with E-state index in [0.29, 0.717) is 35.3 Å². The van der Waals surface area contributed by atoms with E-state index in [0.717, 1.165) is 16.9 Å². The molecule has 1 spiro atoms. The normalized spacial score (nSPS) is 24.6. The monoisotopic (exact) mass is 457 g/mol. The number of nitrogens with zero attached hydrogens (tertiary/aromatic N) is 1. The molecule has 2 aliphatic rings. The third-order valence-electron chi connectivity index (χ3n) is 6.18. The average molecular weight is 458 g/mol. The molecule has 2 atom stereocenters. The first kappa shape index (κ1) is 22.4. The third kappa shape index (κ3) is 4.53. The number of halogens is 1. The Morgan fingerprint density at radius 2 is 1.91 bits per heavy atom. The molecule has 1 saturated carbocycles. The molecule has 2 unspecified atom stereocenters. The molecule has 0 bridgehead atoms. The zero-order valence-corrected chi connectivity index (χ0v) is 19.3. The Kier molecular flexibility index (Phi) is 5.79. The highest BCUT2D eigenvalue weighted by Gasteiger charge is 2.56. The number of hydrogen-bond acceptors (Lipinski definition) is 4. The highest BCUT2D eigenvalue weighted by molar-refractivity contribution is 6.30. The van der Waals surface area contributed by atoms with Crippen molar-refractivity contribution >= 4 is 29.4 Å². The van der Waals surface area contributed by atoms with Crippen molar-refractivity contribution in [1.29, 1.82) is 0 Å². The third-order valence-corrected chi connectivity index (χ3v) is 6.43. The van der Waals surface area contributed by atoms with Gasteiger partial charge in [0.05, 0.1) is 6.54 Å². The topological polar surface area (TPSA) is 91.7 Å². The van der Waals surface area contributed by atoms with E-state index in [2.05, 4.69) is 31.4 Å². The maximum Gasteiger partial charge on any atom is 0.325 e. The number of rotatable bonds is 5. The van der Waals surface area contributed by atoms with E-state index in [4.69, 9.17) is 16.0 Å². The van der Waals surface area contributed by atoms with Gasteiger partial charge in [-0.2, -0.15) is 0 Å². The van der Waals surface area contributed by atoms with Crippen molar-refractivity contribution in [2.24, 2.45) is 11.3 Å². The van der Waals surface area contributed by atoms with E-state index in [1.807, 2.05) is 18.2 Å². The number of hydrogen-bond donors (Lipinski definition) is 2. The minimum Gasteiger partial charge on any atom is -0.459 e. The van der Waals surface area contributed by atoms with Crippen molar-refractivity contribution in [2.75, 3.05) is 6.54 Å². The lowest BCUT2D eigenvalue weighted by molar-refractivity contribution is -0.137. The van der Waals surface area contributed by atoms with Gasteiger partial charge in [0.1, 0.15) is 23.6 Å². The maximum atomic E-state index is 13.2. The summed E-state index contributed by atoms with van der Waals surface area (Å²) in [5.74, 6) is 0.819. The molecule has 1 aliphatic heterocycles. The molecule has 4 rings (SSSR count). The van der Waals surface area contributed by atoms with Crippen LogP contribution in [0.1, 0.15) is 45.8 Å². The van der Waals surface area contributed by atoms with Crippen molar-refractivity contribution in [2.45, 2.75) is 52.1 Å². The van der Waals surface area contributed by atoms with Crippen LogP contribution in [0.4, 0.5) is 4.79 Å². The molecular formula is C24H28ClN3O4. The number of furan rings is 1. The Labute approximate surface area is 192 Å². The molecule has 1 aliphatic carbocycles. The summed E-state index contributed by atoms with van der Waals surface area (Å²) in [4.78, 5) is 39.2. The van der Waals surface area contributed by atoms with E-state index < -0.39 is 17.5 Å². The van der Waals surface area contributed by atoms with Gasteiger partial charge in [-0.05, 0) is 67.0 Å². The average Bonchev–Trinajstić information content (AvgIpc) is 3.25. The molecule has 2 fully saturated rings. The number of imide groups is 1. The van der Waals surface area contributed by atoms with Crippen LogP contribution in [0.5, 0.6) is 0 Å². The van der Waals surface area contributed by atoms with Crippen LogP contribution in [0.3, 0.4) is 0 Å². The predicted octanol–water partition coefficient (Wildman–Crippen LogP) is 4.35. The fourth-order valence-corrected chi connectivity index (χ4v) is 5.40. The van der Waals surface area contributed by atoms with Crippen molar-refractivity contribution < 1.29 is 18.8 Å². The second kappa shape index (κ2) is 8.28. The van der Waals surface area contributed by atoms with Crippen molar-refractivity contribution in [1.82, 2.24) is 15.5 Å². The van der Waals surface area contributed by atoms with Crippen LogP contribution in [0.15, 0.2) is 40.8 Å². The molecular weight excluding hydrogens is 430 g/mol. The van der Waals surface area contributed by atoms with Crippen molar-refractivity contribution in [3.05, 3.63) is 47.2 Å². The molecule has 4 amide bonds. The standard InChI is InChI=1S/C24H28ClN3O4/c1-15-10-23(2,3)14-24(11-15)21(30)28(22(31)27-24)13-20(29)26-12-18-8-9-19(32-18)16-4-6-17(25)7-5-16/h4-9,15H,10-14H2,1-3H3,(H,26,29)(H,27,31). The molecule has 170 valence electrons. The number of carbonyl (C=O) groups is 3. The van der Waals surface area contributed by atoms with Gasteiger partial charge in [0.2, 0.25) is 5.91 Å². The van der Waals surface area contributed by atoms with Gasteiger partial charge >= 0.3 is 6.03 Å². The zero-order valence-electron chi connectivity index (χ0n) is 18.5. The van der Waals surface area contributed by atoms with Gasteiger partial charge in [-0.25, -0.2) is 4.79 Å². The van der Waals surface area contributed by atoms with Gasteiger partial charge in [-0.3, -0.25) is 14.5 Å². The fraction of sp³-hybridized carbons (Fsp3) is 0.458. The lowest BCUT2D eigenvalue weighted by Crippen LogP contribution is -2.54. The lowest BCUT2D eigenvalue weighted by Gasteiger charge is -2.43. The van der Waals surface area contributed by atoms with Gasteiger partial charge in [-0.1, -0.05) is 32.4 Å². The van der Waals surface area contributed by atoms with E-state index in [1.165, 1.54) is 0 Å². The maximum absolute atomic E-state index is 13.2. The van der Waals surface area contributed by atoms with Gasteiger partial charge in [0, 0.05) is 10.6 Å². The summed E-state index contributed by atoms with van der Waals surface area (Å²) in [5, 5.41) is 6.26. The zero-order chi connectivity index (χ0) is 23.1. The van der Waals surface area contributed by atoms with E-state index in [1.54, 1.807) is 18.2 Å². The van der Waals surface area contributed by atoms with Gasteiger partial charge in [-0.15, -0.1) is 0 Å². The number of benzene rings is 1. The van der Waals surface area contributed by atoms with Crippen LogP contribution in [-0.2, 0) is 16.1 Å². The molecule has 2 N–H and O–H groups in total. The second-order valence-corrected chi connectivity index (χ2v) is 10.2. The molecule has 2 heterocycles. The predicted molar refractivity (Wildman–Crippen MR) is 121 cm³/mol. The first-order chi connectivity index (χ1) is 15.1. The summed E-state index contributed by atoms with van der Waals surface area (Å²) in [6.45, 7) is 6.16. The molecule has 1 aromatic carbocycles. The van der Waals surface area contributed by atoms with Crippen LogP contribution < -0.4 is 10.6 Å². The summed E-state index contributed by atoms with van der Waals surface area (Å²) in [6, 6.07) is 10.4. The van der Waals surface area contributed by atoms with Crippen LogP contribution in [-0.4, -0.2) is 34.8 Å². The summed E-state index contributed by atoms with van der Waals surface area (Å²) < 4.78 is 5.78. The van der Waals surface area contributed by atoms with E-state index >= 15 is 0 Å². The molecule has 2 aromatic rings. The molecule has 1 saturated heterocycles. The first-order valence-corrected chi connectivity index (χ1v) is 11.2. The molecule has 8 heteroatoms. The van der Waals surface area contributed by atoms with E-state index in [9.17, 15) is 14.4 Å². The Morgan fingerprint density at radius 1 is 1.19 bits per heavy atom. The minimum absolute atomic E-state index is 0.0556. The first-order valence-electron chi connectivity index (χ1n) is 10.8. The lowest BCUT2D eigenvalue weighted by atomic mass is 9.64. The summed E-state index contributed by atoms with van der Waals surface area (Å²) in [7, 11) is 0. The Hall–Kier alpha value is -2.80. The molecule has 0 radical (unpaired) electrons. The summed E-state index contributed by atoms with van der Waals surface area (Å²) in [5.41, 5.74) is -0.0891.